The Morgan fingerprint density at radius 1 is 0.333 bits per heavy atom. The molecule has 174 valence electrons. The molecule has 0 aliphatic rings. The second kappa shape index (κ2) is 10.3. The Bertz CT molecular complexity index is 1100. The van der Waals surface area contributed by atoms with Crippen molar-refractivity contribution in [1.82, 2.24) is 0 Å². The van der Waals surface area contributed by atoms with Gasteiger partial charge in [0.25, 0.3) is 0 Å². The van der Waals surface area contributed by atoms with E-state index in [1.54, 1.807) is 0 Å². The van der Waals surface area contributed by atoms with E-state index in [0.717, 1.165) is 0 Å². The molecule has 0 aromatic heterocycles. The monoisotopic (exact) mass is 518 g/mol. The van der Waals surface area contributed by atoms with Crippen molar-refractivity contribution in [1.29, 1.82) is 0 Å². The third kappa shape index (κ3) is 4.69. The Kier molecular flexibility index (Phi) is 8.15. The molecule has 0 spiro atoms. The van der Waals surface area contributed by atoms with Crippen LogP contribution in [0.1, 0.15) is 0 Å². The minimum absolute atomic E-state index is 0. The molecule has 0 fully saturated rings. The average molecular weight is 518 g/mol. The van der Waals surface area contributed by atoms with Gasteiger partial charge in [-0.15, -0.1) is 24.3 Å². The number of rotatable bonds is 2. The minimum Gasteiger partial charge on any atom is -0.250 e. The average Bonchev–Trinajstić information content (AvgIpc) is 3.49. The maximum absolute atomic E-state index is 13.2. The zero-order valence-corrected chi connectivity index (χ0v) is 16.9. The van der Waals surface area contributed by atoms with Gasteiger partial charge in [0, 0.05) is 0 Å². The van der Waals surface area contributed by atoms with Crippen LogP contribution >= 0.6 is 0 Å². The Balaban J connectivity index is 0.000000227. The molecule has 0 bridgehead atoms. The zero-order valence-electron chi connectivity index (χ0n) is 15.8. The fourth-order valence-electron chi connectivity index (χ4n) is 2.80. The molecule has 4 aromatic carbocycles. The van der Waals surface area contributed by atoms with Crippen LogP contribution in [0.4, 0.5) is 43.9 Å². The van der Waals surface area contributed by atoms with E-state index in [2.05, 4.69) is 0 Å². The van der Waals surface area contributed by atoms with E-state index in [-0.39, 0.29) is 28.2 Å². The Labute approximate surface area is 190 Å². The Morgan fingerprint density at radius 3 is 0.727 bits per heavy atom. The van der Waals surface area contributed by atoms with Crippen molar-refractivity contribution in [3.8, 4) is 22.3 Å². The fraction of sp³-hybridized carbons (Fsp3) is 0. The van der Waals surface area contributed by atoms with Crippen LogP contribution in [0.5, 0.6) is 0 Å². The summed E-state index contributed by atoms with van der Waals surface area (Å²) in [6.45, 7) is 0. The van der Waals surface area contributed by atoms with Crippen molar-refractivity contribution in [2.75, 3.05) is 0 Å². The summed E-state index contributed by atoms with van der Waals surface area (Å²) in [6, 6.07) is 10.8. The van der Waals surface area contributed by atoms with Crippen LogP contribution in [0.2, 0.25) is 0 Å². The molecule has 0 aliphatic carbocycles. The molecule has 33 heavy (non-hydrogen) atoms. The largest absolute Gasteiger partial charge is 2.00 e. The van der Waals surface area contributed by atoms with Crippen molar-refractivity contribution in [2.45, 2.75) is 0 Å². The van der Waals surface area contributed by atoms with E-state index < -0.39 is 69.3 Å². The summed E-state index contributed by atoms with van der Waals surface area (Å²) in [5, 5.41) is 0. The van der Waals surface area contributed by atoms with E-state index in [4.69, 9.17) is 0 Å². The van der Waals surface area contributed by atoms with Gasteiger partial charge in [-0.3, -0.25) is 0 Å². The van der Waals surface area contributed by atoms with Crippen LogP contribution in [0.15, 0.2) is 48.5 Å². The van der Waals surface area contributed by atoms with Crippen molar-refractivity contribution in [3.63, 3.8) is 0 Å². The summed E-state index contributed by atoms with van der Waals surface area (Å²) in [5.74, 6) is -19.3. The predicted molar refractivity (Wildman–Crippen MR) is 94.5 cm³/mol. The molecule has 0 atom stereocenters. The smallest absolute Gasteiger partial charge is 0.250 e. The molecule has 4 rings (SSSR count). The van der Waals surface area contributed by atoms with Gasteiger partial charge in [-0.2, -0.15) is 24.3 Å². The van der Waals surface area contributed by atoms with E-state index in [9.17, 15) is 43.9 Å². The molecular weight excluding hydrogens is 510 g/mol. The van der Waals surface area contributed by atoms with Gasteiger partial charge in [0.1, 0.15) is 23.3 Å². The van der Waals surface area contributed by atoms with Gasteiger partial charge in [0.2, 0.25) is 0 Å². The summed E-state index contributed by atoms with van der Waals surface area (Å²) >= 11 is 0. The summed E-state index contributed by atoms with van der Waals surface area (Å²) in [5.41, 5.74) is -1.90. The van der Waals surface area contributed by atoms with Crippen LogP contribution in [-0.2, 0) is 17.1 Å². The van der Waals surface area contributed by atoms with Crippen molar-refractivity contribution < 1.29 is 61.0 Å². The zero-order chi connectivity index (χ0) is 23.7. The van der Waals surface area contributed by atoms with Gasteiger partial charge in [0.05, 0.1) is 0 Å². The topological polar surface area (TPSA) is 0 Å². The molecular formula is C22H8F10Fe. The summed E-state index contributed by atoms with van der Waals surface area (Å²) < 4.78 is 130. The van der Waals surface area contributed by atoms with Gasteiger partial charge in [-0.1, -0.05) is 11.1 Å². The molecule has 0 saturated heterocycles. The standard InChI is InChI=1S/2C11H4F5.Fe/c2*12-7-6(5-3-1-2-4-5)8(13)10(15)11(16)9(7)14;/h2*1-4H;/q2*-1;+2. The maximum atomic E-state index is 13.2. The maximum Gasteiger partial charge on any atom is 2.00 e. The number of benzene rings is 2. The third-order valence-electron chi connectivity index (χ3n) is 4.32. The van der Waals surface area contributed by atoms with E-state index in [1.807, 2.05) is 0 Å². The molecule has 0 aliphatic heterocycles. The Morgan fingerprint density at radius 2 is 0.515 bits per heavy atom. The van der Waals surface area contributed by atoms with Crippen LogP contribution in [0, 0.1) is 58.2 Å². The first-order valence-corrected chi connectivity index (χ1v) is 8.54. The molecule has 0 amide bonds. The van der Waals surface area contributed by atoms with Crippen LogP contribution in [0.3, 0.4) is 0 Å². The normalized spacial score (nSPS) is 10.5. The number of halogens is 10. The molecule has 11 heteroatoms. The van der Waals surface area contributed by atoms with Crippen LogP contribution < -0.4 is 0 Å². The third-order valence-corrected chi connectivity index (χ3v) is 4.32. The molecule has 0 N–H and O–H groups in total. The van der Waals surface area contributed by atoms with Crippen LogP contribution in [0.25, 0.3) is 22.3 Å². The molecule has 0 nitrogen and oxygen atoms in total. The number of hydrogen-bond acceptors (Lipinski definition) is 0. The van der Waals surface area contributed by atoms with Gasteiger partial charge < -0.3 is 0 Å². The summed E-state index contributed by atoms with van der Waals surface area (Å²) in [6.07, 6.45) is 0. The molecule has 0 unspecified atom stereocenters. The molecule has 0 radical (unpaired) electrons. The van der Waals surface area contributed by atoms with Gasteiger partial charge in [-0.25, -0.2) is 43.9 Å². The first-order valence-electron chi connectivity index (χ1n) is 8.54. The Hall–Kier alpha value is -3.04. The second-order valence-electron chi connectivity index (χ2n) is 6.24. The summed E-state index contributed by atoms with van der Waals surface area (Å²) in [4.78, 5) is 0. The minimum atomic E-state index is -2.15. The SMILES string of the molecule is Fc1c(F)c(F)c(-[c-]2cccc2)c(F)c1F.Fc1c(F)c(F)c(-[c-]2cccc2)c(F)c1F.[Fe+2]. The first-order chi connectivity index (χ1) is 15.1. The summed E-state index contributed by atoms with van der Waals surface area (Å²) in [7, 11) is 0. The van der Waals surface area contributed by atoms with E-state index in [0.29, 0.717) is 0 Å². The molecule has 4 aromatic rings. The quantitative estimate of drug-likeness (QED) is 0.0847. The van der Waals surface area contributed by atoms with E-state index >= 15 is 0 Å². The second-order valence-corrected chi connectivity index (χ2v) is 6.24. The first kappa shape index (κ1) is 26.2. The van der Waals surface area contributed by atoms with Gasteiger partial charge >= 0.3 is 17.1 Å². The van der Waals surface area contributed by atoms with Crippen molar-refractivity contribution in [2.24, 2.45) is 0 Å². The van der Waals surface area contributed by atoms with Gasteiger partial charge in [0.15, 0.2) is 34.9 Å². The van der Waals surface area contributed by atoms with Gasteiger partial charge in [-0.05, 0) is 11.1 Å². The van der Waals surface area contributed by atoms with Crippen molar-refractivity contribution in [3.05, 3.63) is 107 Å². The predicted octanol–water partition coefficient (Wildman–Crippen LogP) is 7.53. The fourth-order valence-corrected chi connectivity index (χ4v) is 2.80. The molecule has 0 heterocycles. The van der Waals surface area contributed by atoms with Crippen LogP contribution in [-0.4, -0.2) is 0 Å². The van der Waals surface area contributed by atoms with Crippen molar-refractivity contribution >= 4 is 0 Å². The molecule has 0 saturated carbocycles. The number of hydrogen-bond donors (Lipinski definition) is 0. The van der Waals surface area contributed by atoms with E-state index in [1.165, 1.54) is 48.5 Å².